The third-order valence-corrected chi connectivity index (χ3v) is 5.00. The summed E-state index contributed by atoms with van der Waals surface area (Å²) in [5, 5.41) is 3.69. The lowest BCUT2D eigenvalue weighted by atomic mass is 9.85. The monoisotopic (exact) mass is 323 g/mol. The maximum absolute atomic E-state index is 5.94. The minimum absolute atomic E-state index is 0.193. The first-order chi connectivity index (χ1) is 9.04. The minimum Gasteiger partial charge on any atom is -0.493 e. The van der Waals surface area contributed by atoms with E-state index in [1.165, 1.54) is 33.3 Å². The summed E-state index contributed by atoms with van der Waals surface area (Å²) >= 11 is 3.79. The van der Waals surface area contributed by atoms with Gasteiger partial charge in [-0.25, -0.2) is 0 Å². The van der Waals surface area contributed by atoms with Gasteiger partial charge < -0.3 is 10.1 Å². The molecule has 1 heterocycles. The molecule has 3 rings (SSSR count). The van der Waals surface area contributed by atoms with E-state index >= 15 is 0 Å². The van der Waals surface area contributed by atoms with Crippen molar-refractivity contribution < 1.29 is 4.74 Å². The van der Waals surface area contributed by atoms with Gasteiger partial charge in [-0.3, -0.25) is 0 Å². The third kappa shape index (κ3) is 2.11. The molecule has 0 radical (unpaired) electrons. The van der Waals surface area contributed by atoms with Crippen LogP contribution in [0.1, 0.15) is 56.3 Å². The number of fused-ring (bicyclic) bond motifs is 3. The summed E-state index contributed by atoms with van der Waals surface area (Å²) in [5.41, 5.74) is 4.43. The predicted octanol–water partition coefficient (Wildman–Crippen LogP) is 4.11. The standard InChI is InChI=1S/C16H22BrNO/c1-4-6-18-12-9-16(2,3)14-13(12)11(17)8-10-5-7-19-15(10)14/h8,12,18H,4-7,9H2,1-3H3. The van der Waals surface area contributed by atoms with E-state index < -0.39 is 0 Å². The molecule has 0 saturated heterocycles. The number of rotatable bonds is 3. The van der Waals surface area contributed by atoms with Crippen molar-refractivity contribution in [1.29, 1.82) is 0 Å². The van der Waals surface area contributed by atoms with Crippen LogP contribution in [0.15, 0.2) is 10.5 Å². The molecule has 0 spiro atoms. The van der Waals surface area contributed by atoms with Crippen LogP contribution in [0.2, 0.25) is 0 Å². The molecular weight excluding hydrogens is 302 g/mol. The van der Waals surface area contributed by atoms with Gasteiger partial charge in [0.2, 0.25) is 0 Å². The second-order valence-corrected chi connectivity index (χ2v) is 7.18. The fourth-order valence-electron chi connectivity index (χ4n) is 3.53. The molecule has 2 nitrogen and oxygen atoms in total. The second-order valence-electron chi connectivity index (χ2n) is 6.33. The highest BCUT2D eigenvalue weighted by molar-refractivity contribution is 9.10. The molecular formula is C16H22BrNO. The highest BCUT2D eigenvalue weighted by Gasteiger charge is 2.42. The van der Waals surface area contributed by atoms with Crippen LogP contribution in [0, 0.1) is 0 Å². The number of halogens is 1. The van der Waals surface area contributed by atoms with Crippen molar-refractivity contribution in [3.05, 3.63) is 27.2 Å². The van der Waals surface area contributed by atoms with E-state index in [2.05, 4.69) is 48.1 Å². The molecule has 1 aromatic rings. The van der Waals surface area contributed by atoms with Crippen molar-refractivity contribution in [2.24, 2.45) is 0 Å². The van der Waals surface area contributed by atoms with Crippen molar-refractivity contribution in [3.8, 4) is 5.75 Å². The lowest BCUT2D eigenvalue weighted by Gasteiger charge is -2.21. The Morgan fingerprint density at radius 1 is 1.47 bits per heavy atom. The highest BCUT2D eigenvalue weighted by Crippen LogP contribution is 2.53. The van der Waals surface area contributed by atoms with E-state index in [4.69, 9.17) is 4.74 Å². The van der Waals surface area contributed by atoms with E-state index in [1.807, 2.05) is 0 Å². The van der Waals surface area contributed by atoms with Gasteiger partial charge in [-0.1, -0.05) is 36.7 Å². The molecule has 104 valence electrons. The number of hydrogen-bond acceptors (Lipinski definition) is 2. The Morgan fingerprint density at radius 3 is 3.00 bits per heavy atom. The summed E-state index contributed by atoms with van der Waals surface area (Å²) < 4.78 is 7.19. The first kappa shape index (κ1) is 13.4. The Bertz CT molecular complexity index is 510. The lowest BCUT2D eigenvalue weighted by Crippen LogP contribution is -2.22. The van der Waals surface area contributed by atoms with Crippen molar-refractivity contribution in [3.63, 3.8) is 0 Å². The summed E-state index contributed by atoms with van der Waals surface area (Å²) in [6.07, 6.45) is 3.37. The number of nitrogens with one attached hydrogen (secondary N) is 1. The molecule has 0 aromatic heterocycles. The topological polar surface area (TPSA) is 21.3 Å². The fraction of sp³-hybridized carbons (Fsp3) is 0.625. The van der Waals surface area contributed by atoms with E-state index in [0.29, 0.717) is 6.04 Å². The molecule has 0 saturated carbocycles. The zero-order valence-electron chi connectivity index (χ0n) is 12.0. The molecule has 0 amide bonds. The number of ether oxygens (including phenoxy) is 1. The van der Waals surface area contributed by atoms with Crippen molar-refractivity contribution >= 4 is 15.9 Å². The summed E-state index contributed by atoms with van der Waals surface area (Å²) in [7, 11) is 0. The van der Waals surface area contributed by atoms with Gasteiger partial charge in [0.05, 0.1) is 6.61 Å². The Balaban J connectivity index is 2.11. The molecule has 3 heteroatoms. The van der Waals surface area contributed by atoms with Crippen molar-refractivity contribution in [1.82, 2.24) is 5.32 Å². The van der Waals surface area contributed by atoms with Gasteiger partial charge in [0, 0.05) is 22.5 Å². The van der Waals surface area contributed by atoms with Gasteiger partial charge in [0.15, 0.2) is 0 Å². The molecule has 1 aliphatic heterocycles. The molecule has 1 atom stereocenters. The molecule has 1 aliphatic carbocycles. The van der Waals surface area contributed by atoms with Crippen LogP contribution < -0.4 is 10.1 Å². The Hall–Kier alpha value is -0.540. The Labute approximate surface area is 124 Å². The molecule has 1 N–H and O–H groups in total. The van der Waals surface area contributed by atoms with Crippen LogP contribution in [-0.2, 0) is 11.8 Å². The molecule has 19 heavy (non-hydrogen) atoms. The van der Waals surface area contributed by atoms with Gasteiger partial charge in [-0.05, 0) is 42.0 Å². The van der Waals surface area contributed by atoms with Crippen LogP contribution in [0.4, 0.5) is 0 Å². The first-order valence-corrected chi connectivity index (χ1v) is 8.06. The van der Waals surface area contributed by atoms with Gasteiger partial charge in [-0.15, -0.1) is 0 Å². The summed E-state index contributed by atoms with van der Waals surface area (Å²) in [4.78, 5) is 0. The Kier molecular flexibility index (Phi) is 3.38. The summed E-state index contributed by atoms with van der Waals surface area (Å²) in [5.74, 6) is 1.17. The molecule has 2 aliphatic rings. The average Bonchev–Trinajstić information content (AvgIpc) is 2.89. The summed E-state index contributed by atoms with van der Waals surface area (Å²) in [6.45, 7) is 8.81. The largest absolute Gasteiger partial charge is 0.493 e. The zero-order valence-corrected chi connectivity index (χ0v) is 13.6. The first-order valence-electron chi connectivity index (χ1n) is 7.26. The van der Waals surface area contributed by atoms with Gasteiger partial charge in [0.1, 0.15) is 5.75 Å². The molecule has 0 fully saturated rings. The third-order valence-electron chi connectivity index (χ3n) is 4.34. The smallest absolute Gasteiger partial charge is 0.126 e. The van der Waals surface area contributed by atoms with Crippen LogP contribution in [-0.4, -0.2) is 13.2 Å². The van der Waals surface area contributed by atoms with Crippen LogP contribution in [0.5, 0.6) is 5.75 Å². The maximum Gasteiger partial charge on any atom is 0.126 e. The van der Waals surface area contributed by atoms with Crippen LogP contribution >= 0.6 is 15.9 Å². The highest BCUT2D eigenvalue weighted by atomic mass is 79.9. The molecule has 1 unspecified atom stereocenters. The van der Waals surface area contributed by atoms with Gasteiger partial charge in [-0.2, -0.15) is 0 Å². The van der Waals surface area contributed by atoms with E-state index in [0.717, 1.165) is 26.0 Å². The SMILES string of the molecule is CCCNC1CC(C)(C)c2c3c(cc(Br)c21)CCO3. The van der Waals surface area contributed by atoms with E-state index in [1.54, 1.807) is 0 Å². The quantitative estimate of drug-likeness (QED) is 0.904. The normalized spacial score (nSPS) is 23.1. The van der Waals surface area contributed by atoms with Gasteiger partial charge in [0.25, 0.3) is 0 Å². The lowest BCUT2D eigenvalue weighted by molar-refractivity contribution is 0.344. The fourth-order valence-corrected chi connectivity index (χ4v) is 4.28. The number of benzene rings is 1. The Morgan fingerprint density at radius 2 is 2.26 bits per heavy atom. The second kappa shape index (κ2) is 4.78. The molecule has 1 aromatic carbocycles. The van der Waals surface area contributed by atoms with Crippen LogP contribution in [0.25, 0.3) is 0 Å². The van der Waals surface area contributed by atoms with E-state index in [-0.39, 0.29) is 5.41 Å². The maximum atomic E-state index is 5.94. The number of hydrogen-bond donors (Lipinski definition) is 1. The minimum atomic E-state index is 0.193. The predicted molar refractivity (Wildman–Crippen MR) is 82.0 cm³/mol. The van der Waals surface area contributed by atoms with Crippen molar-refractivity contribution in [2.45, 2.75) is 51.5 Å². The summed E-state index contributed by atoms with van der Waals surface area (Å²) in [6, 6.07) is 2.72. The van der Waals surface area contributed by atoms with Gasteiger partial charge >= 0.3 is 0 Å². The average molecular weight is 324 g/mol. The molecule has 0 bridgehead atoms. The zero-order chi connectivity index (χ0) is 13.6. The van der Waals surface area contributed by atoms with Crippen molar-refractivity contribution in [2.75, 3.05) is 13.2 Å². The van der Waals surface area contributed by atoms with Crippen LogP contribution in [0.3, 0.4) is 0 Å². The van der Waals surface area contributed by atoms with E-state index in [9.17, 15) is 0 Å².